The first-order valence-electron chi connectivity index (χ1n) is 9.88. The number of aliphatic hydroxyl groups is 1. The van der Waals surface area contributed by atoms with Crippen LogP contribution in [0, 0.1) is 0 Å². The molecular formula is C22H20Cl2N4O4. The molecule has 166 valence electrons. The molecule has 2 aromatic heterocycles. The van der Waals surface area contributed by atoms with Gasteiger partial charge in [-0.25, -0.2) is 4.79 Å². The van der Waals surface area contributed by atoms with E-state index in [1.807, 2.05) is 12.1 Å². The molecular weight excluding hydrogens is 455 g/mol. The lowest BCUT2D eigenvalue weighted by atomic mass is 10.2. The Balaban J connectivity index is 1.95. The van der Waals surface area contributed by atoms with Gasteiger partial charge in [-0.1, -0.05) is 41.4 Å². The van der Waals surface area contributed by atoms with Crippen LogP contribution in [-0.2, 0) is 20.1 Å². The molecule has 0 radical (unpaired) electrons. The van der Waals surface area contributed by atoms with Gasteiger partial charge < -0.3 is 9.84 Å². The van der Waals surface area contributed by atoms with Gasteiger partial charge in [-0.3, -0.25) is 18.5 Å². The lowest BCUT2D eigenvalue weighted by Gasteiger charge is -2.11. The van der Waals surface area contributed by atoms with Crippen LogP contribution in [0.3, 0.4) is 0 Å². The second-order valence-electron chi connectivity index (χ2n) is 7.22. The lowest BCUT2D eigenvalue weighted by Crippen LogP contribution is -2.39. The highest BCUT2D eigenvalue weighted by molar-refractivity contribution is 6.30. The summed E-state index contributed by atoms with van der Waals surface area (Å²) in [5.41, 5.74) is 0.203. The standard InChI is InChI=1S/C22H20Cl2N4O4/c1-26-19-18(20(30)27(22(26)31)9-4-10-29)28(13-14-5-2-6-15(23)11-14)21(25-19)32-17-8-3-7-16(24)12-17/h2-3,5-8,11-12,29H,4,9-10,13H2,1H3. The summed E-state index contributed by atoms with van der Waals surface area (Å²) >= 11 is 12.2. The smallest absolute Gasteiger partial charge is 0.332 e. The second-order valence-corrected chi connectivity index (χ2v) is 8.09. The van der Waals surface area contributed by atoms with Crippen molar-refractivity contribution in [3.8, 4) is 11.8 Å². The molecule has 0 unspecified atom stereocenters. The normalized spacial score (nSPS) is 11.2. The van der Waals surface area contributed by atoms with E-state index in [9.17, 15) is 14.7 Å². The van der Waals surface area contributed by atoms with E-state index in [0.29, 0.717) is 15.8 Å². The van der Waals surface area contributed by atoms with E-state index in [0.717, 1.165) is 10.1 Å². The molecule has 4 aromatic rings. The molecule has 2 heterocycles. The first kappa shape index (κ1) is 22.1. The molecule has 0 amide bonds. The third-order valence-electron chi connectivity index (χ3n) is 4.97. The fourth-order valence-electron chi connectivity index (χ4n) is 3.46. The zero-order chi connectivity index (χ0) is 22.8. The quantitative estimate of drug-likeness (QED) is 0.442. The number of hydrogen-bond acceptors (Lipinski definition) is 5. The van der Waals surface area contributed by atoms with Crippen LogP contribution in [0.4, 0.5) is 0 Å². The first-order chi connectivity index (χ1) is 15.4. The molecule has 10 heteroatoms. The Labute approximate surface area is 192 Å². The average Bonchev–Trinajstić information content (AvgIpc) is 3.10. The fraction of sp³-hybridized carbons (Fsp3) is 0.227. The minimum atomic E-state index is -0.516. The van der Waals surface area contributed by atoms with Gasteiger partial charge in [-0.15, -0.1) is 0 Å². The van der Waals surface area contributed by atoms with Crippen LogP contribution in [0.1, 0.15) is 12.0 Å². The Morgan fingerprint density at radius 2 is 1.75 bits per heavy atom. The fourth-order valence-corrected chi connectivity index (χ4v) is 3.85. The van der Waals surface area contributed by atoms with Crippen LogP contribution in [0.15, 0.2) is 58.1 Å². The number of aromatic nitrogens is 4. The Bertz CT molecular complexity index is 1410. The third-order valence-corrected chi connectivity index (χ3v) is 5.44. The van der Waals surface area contributed by atoms with Gasteiger partial charge in [-0.05, 0) is 42.3 Å². The predicted octanol–water partition coefficient (Wildman–Crippen LogP) is 3.43. The van der Waals surface area contributed by atoms with Crippen molar-refractivity contribution >= 4 is 34.4 Å². The number of halogens is 2. The van der Waals surface area contributed by atoms with Crippen LogP contribution in [0.25, 0.3) is 11.2 Å². The maximum atomic E-state index is 13.3. The van der Waals surface area contributed by atoms with Crippen molar-refractivity contribution in [3.05, 3.63) is 85.0 Å². The van der Waals surface area contributed by atoms with E-state index in [1.54, 1.807) is 48.0 Å². The number of ether oxygens (including phenoxy) is 1. The Morgan fingerprint density at radius 3 is 2.44 bits per heavy atom. The molecule has 32 heavy (non-hydrogen) atoms. The first-order valence-corrected chi connectivity index (χ1v) is 10.6. The minimum absolute atomic E-state index is 0.0881. The zero-order valence-corrected chi connectivity index (χ0v) is 18.7. The van der Waals surface area contributed by atoms with Gasteiger partial charge in [0.15, 0.2) is 11.2 Å². The van der Waals surface area contributed by atoms with Gasteiger partial charge in [0.25, 0.3) is 5.56 Å². The van der Waals surface area contributed by atoms with Crippen molar-refractivity contribution in [2.45, 2.75) is 19.5 Å². The third kappa shape index (κ3) is 4.29. The molecule has 1 N–H and O–H groups in total. The van der Waals surface area contributed by atoms with Gasteiger partial charge in [-0.2, -0.15) is 4.98 Å². The number of fused-ring (bicyclic) bond motifs is 1. The van der Waals surface area contributed by atoms with Gasteiger partial charge in [0, 0.05) is 30.2 Å². The Kier molecular flexibility index (Phi) is 6.36. The van der Waals surface area contributed by atoms with Gasteiger partial charge >= 0.3 is 11.7 Å². The summed E-state index contributed by atoms with van der Waals surface area (Å²) in [7, 11) is 1.54. The highest BCUT2D eigenvalue weighted by Crippen LogP contribution is 2.27. The monoisotopic (exact) mass is 474 g/mol. The second kappa shape index (κ2) is 9.20. The average molecular weight is 475 g/mol. The van der Waals surface area contributed by atoms with Crippen molar-refractivity contribution in [2.24, 2.45) is 7.05 Å². The zero-order valence-electron chi connectivity index (χ0n) is 17.2. The lowest BCUT2D eigenvalue weighted by molar-refractivity contribution is 0.277. The molecule has 4 rings (SSSR count). The molecule has 0 saturated heterocycles. The molecule has 2 aromatic carbocycles. The van der Waals surface area contributed by atoms with E-state index >= 15 is 0 Å². The van der Waals surface area contributed by atoms with Gasteiger partial charge in [0.1, 0.15) is 5.75 Å². The van der Waals surface area contributed by atoms with Crippen molar-refractivity contribution in [3.63, 3.8) is 0 Å². The molecule has 0 aliphatic carbocycles. The number of nitrogens with zero attached hydrogens (tertiary/aromatic N) is 4. The van der Waals surface area contributed by atoms with Crippen molar-refractivity contribution < 1.29 is 9.84 Å². The summed E-state index contributed by atoms with van der Waals surface area (Å²) in [6.45, 7) is 0.184. The maximum absolute atomic E-state index is 13.3. The molecule has 0 atom stereocenters. The summed E-state index contributed by atoms with van der Waals surface area (Å²) in [5, 5.41) is 10.2. The molecule has 0 saturated carbocycles. The number of aliphatic hydroxyl groups excluding tert-OH is 1. The minimum Gasteiger partial charge on any atom is -0.425 e. The van der Waals surface area contributed by atoms with Crippen LogP contribution in [-0.4, -0.2) is 30.4 Å². The molecule has 0 bridgehead atoms. The SMILES string of the molecule is Cn1c(=O)n(CCCO)c(=O)c2c1nc(Oc1cccc(Cl)c1)n2Cc1cccc(Cl)c1. The molecule has 0 spiro atoms. The number of imidazole rings is 1. The summed E-state index contributed by atoms with van der Waals surface area (Å²) in [5.74, 6) is 0.436. The molecule has 0 aliphatic heterocycles. The van der Waals surface area contributed by atoms with Crippen molar-refractivity contribution in [1.29, 1.82) is 0 Å². The molecule has 8 nitrogen and oxygen atoms in total. The van der Waals surface area contributed by atoms with E-state index in [2.05, 4.69) is 4.98 Å². The summed E-state index contributed by atoms with van der Waals surface area (Å²) < 4.78 is 9.98. The highest BCUT2D eigenvalue weighted by atomic mass is 35.5. The maximum Gasteiger partial charge on any atom is 0.332 e. The number of hydrogen-bond donors (Lipinski definition) is 1. The van der Waals surface area contributed by atoms with Crippen LogP contribution in [0.2, 0.25) is 10.0 Å². The molecule has 0 fully saturated rings. The number of aryl methyl sites for hydroxylation is 1. The van der Waals surface area contributed by atoms with Crippen molar-refractivity contribution in [2.75, 3.05) is 6.61 Å². The van der Waals surface area contributed by atoms with E-state index in [-0.39, 0.29) is 43.3 Å². The van der Waals surface area contributed by atoms with Crippen LogP contribution in [0.5, 0.6) is 11.8 Å². The van der Waals surface area contributed by atoms with E-state index < -0.39 is 11.2 Å². The number of benzene rings is 2. The number of rotatable bonds is 7. The van der Waals surface area contributed by atoms with Crippen LogP contribution < -0.4 is 16.0 Å². The van der Waals surface area contributed by atoms with Gasteiger partial charge in [0.05, 0.1) is 6.54 Å². The highest BCUT2D eigenvalue weighted by Gasteiger charge is 2.22. The Hall–Kier alpha value is -3.07. The molecule has 0 aliphatic rings. The Morgan fingerprint density at radius 1 is 1.03 bits per heavy atom. The summed E-state index contributed by atoms with van der Waals surface area (Å²) in [6.07, 6.45) is 0.273. The predicted molar refractivity (Wildman–Crippen MR) is 123 cm³/mol. The topological polar surface area (TPSA) is 91.3 Å². The van der Waals surface area contributed by atoms with E-state index in [1.165, 1.54) is 4.57 Å². The summed E-state index contributed by atoms with van der Waals surface area (Å²) in [4.78, 5) is 30.5. The van der Waals surface area contributed by atoms with E-state index in [4.69, 9.17) is 27.9 Å². The summed E-state index contributed by atoms with van der Waals surface area (Å²) in [6, 6.07) is 14.1. The largest absolute Gasteiger partial charge is 0.425 e. The van der Waals surface area contributed by atoms with Crippen molar-refractivity contribution in [1.82, 2.24) is 18.7 Å². The van der Waals surface area contributed by atoms with Crippen LogP contribution >= 0.6 is 23.2 Å². The van der Waals surface area contributed by atoms with Gasteiger partial charge in [0.2, 0.25) is 0 Å².